The molecule has 3 unspecified atom stereocenters. The van der Waals surface area contributed by atoms with Crippen LogP contribution in [0.25, 0.3) is 11.2 Å². The van der Waals surface area contributed by atoms with Crippen LogP contribution >= 0.6 is 23.5 Å². The van der Waals surface area contributed by atoms with Crippen molar-refractivity contribution in [1.82, 2.24) is 35.5 Å². The lowest BCUT2D eigenvalue weighted by atomic mass is 10.0. The number of amides is 4. The van der Waals surface area contributed by atoms with Gasteiger partial charge in [-0.25, -0.2) is 19.7 Å². The highest BCUT2D eigenvalue weighted by Gasteiger charge is 2.44. The average Bonchev–Trinajstić information content (AvgIpc) is 3.78. The van der Waals surface area contributed by atoms with Gasteiger partial charge in [-0.2, -0.15) is 23.5 Å². The Morgan fingerprint density at radius 2 is 1.98 bits per heavy atom. The van der Waals surface area contributed by atoms with Gasteiger partial charge in [0.15, 0.2) is 23.2 Å². The zero-order valence-electron chi connectivity index (χ0n) is 24.9. The fourth-order valence-corrected chi connectivity index (χ4v) is 8.27. The molecule has 3 aliphatic rings. The number of aliphatic carboxylic acids is 1. The summed E-state index contributed by atoms with van der Waals surface area (Å²) in [6.45, 7) is 0.148. The first kappa shape index (κ1) is 34.1. The van der Waals surface area contributed by atoms with Gasteiger partial charge in [-0.15, -0.1) is 0 Å². The van der Waals surface area contributed by atoms with Crippen molar-refractivity contribution in [1.29, 1.82) is 0 Å². The molecule has 5 rings (SSSR count). The number of aromatic nitrogens is 4. The molecular formula is C27H39N9O8S2. The van der Waals surface area contributed by atoms with E-state index < -0.39 is 36.6 Å². The molecule has 4 amide bonds. The molecule has 3 fully saturated rings. The molecule has 0 spiro atoms. The number of hydrogen-bond donors (Lipinski definition) is 8. The van der Waals surface area contributed by atoms with E-state index in [9.17, 15) is 29.4 Å². The Morgan fingerprint density at radius 3 is 2.78 bits per heavy atom. The van der Waals surface area contributed by atoms with Crippen molar-refractivity contribution in [2.75, 3.05) is 29.1 Å². The van der Waals surface area contributed by atoms with Crippen LogP contribution in [0.4, 0.5) is 10.6 Å². The molecule has 19 heteroatoms. The van der Waals surface area contributed by atoms with E-state index in [4.69, 9.17) is 15.6 Å². The number of carbonyl (C=O) groups is 4. The van der Waals surface area contributed by atoms with Gasteiger partial charge in [0.2, 0.25) is 11.8 Å². The third-order valence-corrected chi connectivity index (χ3v) is 10.8. The van der Waals surface area contributed by atoms with Crippen LogP contribution < -0.4 is 27.0 Å². The van der Waals surface area contributed by atoms with Crippen molar-refractivity contribution in [3.05, 3.63) is 12.7 Å². The lowest BCUT2D eigenvalue weighted by Gasteiger charge is -2.16. The zero-order chi connectivity index (χ0) is 32.8. The second kappa shape index (κ2) is 15.6. The second-order valence-electron chi connectivity index (χ2n) is 11.4. The first-order chi connectivity index (χ1) is 22.1. The molecule has 46 heavy (non-hydrogen) atoms. The molecule has 2 aromatic heterocycles. The van der Waals surface area contributed by atoms with Crippen molar-refractivity contribution in [2.24, 2.45) is 5.73 Å². The molecule has 9 N–H and O–H groups in total. The van der Waals surface area contributed by atoms with Crippen LogP contribution in [-0.4, -0.2) is 124 Å². The number of thioether (sulfide) groups is 2. The third kappa shape index (κ3) is 8.18. The largest absolute Gasteiger partial charge is 0.480 e. The molecule has 0 saturated carbocycles. The minimum absolute atomic E-state index is 0.0137. The number of nitrogens with zero attached hydrogens (tertiary/aromatic N) is 4. The maximum absolute atomic E-state index is 12.6. The molecule has 0 bridgehead atoms. The topological polar surface area (TPSA) is 256 Å². The lowest BCUT2D eigenvalue weighted by molar-refractivity contribution is -0.138. The predicted octanol–water partition coefficient (Wildman–Crippen LogP) is -0.849. The molecule has 2 aromatic rings. The standard InChI is InChI=1S/C27H39N9O8S2/c28-13(26(41)42)6-8-45-10-15-21(39)22(40)25(44-15)36-12-32-20-23(30-11-31-24(20)36)34-18(38)5-7-29-17(37)4-2-1-3-16-19-14(9-46-16)33-27(43)35-19/h11-16,19,21-22,25,39-40H,1-10,28H2,(H,29,37)(H,41,42)(H2,33,35,43)(H,30,31,34,38)/t13-,14-,15+,16?,19-,21+,22?,25?/m0/s1. The average molecular weight is 682 g/mol. The van der Waals surface area contributed by atoms with Crippen LogP contribution in [0.1, 0.15) is 44.8 Å². The summed E-state index contributed by atoms with van der Waals surface area (Å²) in [5.74, 6) is 0.187. The second-order valence-corrected chi connectivity index (χ2v) is 13.8. The summed E-state index contributed by atoms with van der Waals surface area (Å²) in [6, 6.07) is -0.751. The number of imidazole rings is 1. The highest BCUT2D eigenvalue weighted by molar-refractivity contribution is 8.00. The van der Waals surface area contributed by atoms with Crippen molar-refractivity contribution in [3.8, 4) is 0 Å². The van der Waals surface area contributed by atoms with Gasteiger partial charge in [-0.05, 0) is 25.0 Å². The van der Waals surface area contributed by atoms with Crippen molar-refractivity contribution >= 4 is 64.3 Å². The van der Waals surface area contributed by atoms with Crippen molar-refractivity contribution in [3.63, 3.8) is 0 Å². The Bertz CT molecular complexity index is 1420. The molecule has 8 atom stereocenters. The van der Waals surface area contributed by atoms with Gasteiger partial charge < -0.3 is 47.1 Å². The van der Waals surface area contributed by atoms with Gasteiger partial charge in [-0.1, -0.05) is 6.42 Å². The highest BCUT2D eigenvalue weighted by atomic mass is 32.2. The normalized spacial score (nSPS) is 27.6. The first-order valence-corrected chi connectivity index (χ1v) is 17.3. The van der Waals surface area contributed by atoms with E-state index in [1.807, 2.05) is 11.8 Å². The fraction of sp³-hybridized carbons (Fsp3) is 0.667. The van der Waals surface area contributed by atoms with Crippen molar-refractivity contribution < 1.29 is 39.2 Å². The maximum Gasteiger partial charge on any atom is 0.320 e. The number of rotatable bonds is 16. The number of aliphatic hydroxyl groups is 2. The number of carboxylic acids is 1. The summed E-state index contributed by atoms with van der Waals surface area (Å²) >= 11 is 3.20. The number of hydrogen-bond acceptors (Lipinski definition) is 13. The summed E-state index contributed by atoms with van der Waals surface area (Å²) in [4.78, 5) is 59.9. The summed E-state index contributed by atoms with van der Waals surface area (Å²) < 4.78 is 7.37. The Labute approximate surface area is 272 Å². The SMILES string of the molecule is N[C@@H](CCSC[C@H]1OC(n2cnc3c(NC(=O)CCNC(=O)CCCCC4SC[C@@H]5NC(=O)N[C@H]45)ncnc32)C(O)[C@@H]1O)C(=O)O. The smallest absolute Gasteiger partial charge is 0.320 e. The van der Waals surface area contributed by atoms with Gasteiger partial charge in [0, 0.05) is 36.1 Å². The molecule has 0 aliphatic carbocycles. The Balaban J connectivity index is 1.04. The number of fused-ring (bicyclic) bond motifs is 2. The maximum atomic E-state index is 12.6. The molecule has 0 aromatic carbocycles. The van der Waals surface area contributed by atoms with E-state index in [0.717, 1.165) is 18.6 Å². The van der Waals surface area contributed by atoms with Crippen LogP contribution in [0.3, 0.4) is 0 Å². The molecule has 5 heterocycles. The monoisotopic (exact) mass is 681 g/mol. The van der Waals surface area contributed by atoms with E-state index in [1.165, 1.54) is 29.0 Å². The Hall–Kier alpha value is -3.23. The van der Waals surface area contributed by atoms with Crippen LogP contribution in [0.5, 0.6) is 0 Å². The fourth-order valence-electron chi connectivity index (χ4n) is 5.63. The van der Waals surface area contributed by atoms with Gasteiger partial charge in [0.1, 0.15) is 24.6 Å². The third-order valence-electron chi connectivity index (χ3n) is 8.16. The number of anilines is 1. The number of ether oxygens (including phenoxy) is 1. The number of carbonyl (C=O) groups excluding carboxylic acids is 3. The van der Waals surface area contributed by atoms with Gasteiger partial charge in [0.05, 0.1) is 24.5 Å². The van der Waals surface area contributed by atoms with Crippen LogP contribution in [-0.2, 0) is 19.1 Å². The molecule has 17 nitrogen and oxygen atoms in total. The Morgan fingerprint density at radius 1 is 1.15 bits per heavy atom. The van der Waals surface area contributed by atoms with Gasteiger partial charge in [0.25, 0.3) is 0 Å². The first-order valence-electron chi connectivity index (χ1n) is 15.1. The number of aliphatic hydroxyl groups excluding tert-OH is 2. The predicted molar refractivity (Wildman–Crippen MR) is 169 cm³/mol. The zero-order valence-corrected chi connectivity index (χ0v) is 26.5. The van der Waals surface area contributed by atoms with Crippen LogP contribution in [0.15, 0.2) is 12.7 Å². The van der Waals surface area contributed by atoms with E-state index in [1.54, 1.807) is 0 Å². The summed E-state index contributed by atoms with van der Waals surface area (Å²) in [5.41, 5.74) is 6.05. The molecule has 3 saturated heterocycles. The highest BCUT2D eigenvalue weighted by Crippen LogP contribution is 2.34. The number of unbranched alkanes of at least 4 members (excludes halogenated alkanes) is 1. The van der Waals surface area contributed by atoms with E-state index in [2.05, 4.69) is 36.2 Å². The van der Waals surface area contributed by atoms with Crippen LogP contribution in [0.2, 0.25) is 0 Å². The summed E-state index contributed by atoms with van der Waals surface area (Å²) in [5, 5.41) is 41.9. The minimum atomic E-state index is -1.29. The minimum Gasteiger partial charge on any atom is -0.480 e. The summed E-state index contributed by atoms with van der Waals surface area (Å²) in [7, 11) is 0. The Kier molecular flexibility index (Phi) is 11.5. The molecule has 0 radical (unpaired) electrons. The number of carboxylic acid groups (broad SMARTS) is 1. The van der Waals surface area contributed by atoms with E-state index in [0.29, 0.717) is 29.6 Å². The number of urea groups is 1. The molecular weight excluding hydrogens is 642 g/mol. The number of nitrogens with one attached hydrogen (secondary N) is 4. The number of nitrogens with two attached hydrogens (primary N) is 1. The quantitative estimate of drug-likeness (QED) is 0.0794. The summed E-state index contributed by atoms with van der Waals surface area (Å²) in [6.07, 6.45) is 1.50. The molecule has 3 aliphatic heterocycles. The molecule has 252 valence electrons. The van der Waals surface area contributed by atoms with E-state index >= 15 is 0 Å². The van der Waals surface area contributed by atoms with E-state index in [-0.39, 0.29) is 66.3 Å². The van der Waals surface area contributed by atoms with Crippen LogP contribution in [0, 0.1) is 0 Å². The van der Waals surface area contributed by atoms with Gasteiger partial charge >= 0.3 is 12.0 Å². The van der Waals surface area contributed by atoms with Crippen molar-refractivity contribution in [2.45, 2.75) is 86.4 Å². The van der Waals surface area contributed by atoms with Gasteiger partial charge in [-0.3, -0.25) is 19.0 Å². The lowest BCUT2D eigenvalue weighted by Crippen LogP contribution is -2.36.